The molecular weight excluding hydrogens is 504 g/mol. The van der Waals surface area contributed by atoms with E-state index in [-0.39, 0.29) is 17.4 Å². The summed E-state index contributed by atoms with van der Waals surface area (Å²) in [5.41, 5.74) is 2.15. The minimum Gasteiger partial charge on any atom is -0.467 e. The molecule has 1 amide bonds. The Kier molecular flexibility index (Phi) is 7.85. The summed E-state index contributed by atoms with van der Waals surface area (Å²) in [6, 6.07) is 8.69. The number of hydrogen-bond donors (Lipinski definition) is 2. The highest BCUT2D eigenvalue weighted by Crippen LogP contribution is 2.67. The average molecular weight is 547 g/mol. The van der Waals surface area contributed by atoms with Gasteiger partial charge in [-0.2, -0.15) is 0 Å². The number of carbonyl (C=O) groups is 2. The molecule has 0 saturated heterocycles. The quantitative estimate of drug-likeness (QED) is 0.296. The number of aliphatic hydroxyl groups is 1. The lowest BCUT2D eigenvalue weighted by molar-refractivity contribution is -0.145. The zero-order valence-corrected chi connectivity index (χ0v) is 23.9. The van der Waals surface area contributed by atoms with E-state index in [4.69, 9.17) is 16.0 Å². The molecule has 0 aromatic heterocycles. The number of nitrogens with one attached hydrogen (secondary N) is 1. The van der Waals surface area contributed by atoms with E-state index in [1.54, 1.807) is 0 Å². The van der Waals surface area contributed by atoms with E-state index in [9.17, 15) is 14.7 Å². The standard InChI is InChI=1S/C33H42N2O5/c1-5-33(38)18-15-27-25-12-11-23-20-24(13-16-31(23,2)26(25)14-17-32(27,33)3)35-40-21-29(36)34-28(30(37)39-4)19-22-9-7-6-8-10-22/h1,6-10,20,25-28,38H,11-19,21H2,2-4H3,(H,34,36)/b35-24+/t25-,26+,27+,28+,31+,32+,33-/m1/s1. The van der Waals surface area contributed by atoms with Crippen LogP contribution >= 0.6 is 0 Å². The monoisotopic (exact) mass is 546 g/mol. The minimum atomic E-state index is -0.978. The average Bonchev–Trinajstić information content (AvgIpc) is 3.23. The highest BCUT2D eigenvalue weighted by molar-refractivity contribution is 5.96. The van der Waals surface area contributed by atoms with Gasteiger partial charge in [-0.25, -0.2) is 4.79 Å². The van der Waals surface area contributed by atoms with Crippen LogP contribution in [0.1, 0.15) is 70.8 Å². The molecule has 4 aliphatic carbocycles. The lowest BCUT2D eigenvalue weighted by Gasteiger charge is -2.58. The maximum absolute atomic E-state index is 12.6. The molecular formula is C33H42N2O5. The van der Waals surface area contributed by atoms with Crippen molar-refractivity contribution in [2.24, 2.45) is 33.7 Å². The predicted molar refractivity (Wildman–Crippen MR) is 153 cm³/mol. The fourth-order valence-electron chi connectivity index (χ4n) is 8.49. The van der Waals surface area contributed by atoms with E-state index in [2.05, 4.69) is 36.3 Å². The topological polar surface area (TPSA) is 97.2 Å². The third kappa shape index (κ3) is 4.96. The third-order valence-corrected chi connectivity index (χ3v) is 10.8. The molecule has 0 aliphatic heterocycles. The summed E-state index contributed by atoms with van der Waals surface area (Å²) in [7, 11) is 1.31. The van der Waals surface area contributed by atoms with Gasteiger partial charge in [0.1, 0.15) is 11.6 Å². The van der Waals surface area contributed by atoms with Crippen LogP contribution in [0, 0.1) is 40.9 Å². The van der Waals surface area contributed by atoms with Crippen LogP contribution in [0.5, 0.6) is 0 Å². The number of methoxy groups -OCH3 is 1. The summed E-state index contributed by atoms with van der Waals surface area (Å²) in [5, 5.41) is 18.2. The van der Waals surface area contributed by atoms with E-state index >= 15 is 0 Å². The summed E-state index contributed by atoms with van der Waals surface area (Å²) >= 11 is 0. The minimum absolute atomic E-state index is 0.114. The Balaban J connectivity index is 1.20. The second-order valence-corrected chi connectivity index (χ2v) is 12.7. The predicted octanol–water partition coefficient (Wildman–Crippen LogP) is 4.59. The van der Waals surface area contributed by atoms with Gasteiger partial charge in [-0.15, -0.1) is 6.42 Å². The number of nitrogens with zero attached hydrogens (tertiary/aromatic N) is 1. The van der Waals surface area contributed by atoms with Crippen molar-refractivity contribution in [3.63, 3.8) is 0 Å². The van der Waals surface area contributed by atoms with Gasteiger partial charge >= 0.3 is 5.97 Å². The van der Waals surface area contributed by atoms with Gasteiger partial charge in [-0.05, 0) is 86.2 Å². The summed E-state index contributed by atoms with van der Waals surface area (Å²) in [6.45, 7) is 4.36. The lowest BCUT2D eigenvalue weighted by Crippen LogP contribution is -2.54. The first-order chi connectivity index (χ1) is 19.1. The molecule has 0 unspecified atom stereocenters. The Morgan fingerprint density at radius 3 is 2.60 bits per heavy atom. The second kappa shape index (κ2) is 11.0. The number of fused-ring (bicyclic) bond motifs is 5. The van der Waals surface area contributed by atoms with Gasteiger partial charge in [-0.1, -0.05) is 60.8 Å². The number of oxime groups is 1. The summed E-state index contributed by atoms with van der Waals surface area (Å²) in [4.78, 5) is 30.3. The maximum Gasteiger partial charge on any atom is 0.328 e. The molecule has 5 rings (SSSR count). The number of rotatable bonds is 7. The Morgan fingerprint density at radius 1 is 1.12 bits per heavy atom. The van der Waals surface area contributed by atoms with Crippen LogP contribution in [0.15, 0.2) is 47.1 Å². The summed E-state index contributed by atoms with van der Waals surface area (Å²) in [6.07, 6.45) is 16.0. The molecule has 4 aliphatic rings. The molecule has 2 N–H and O–H groups in total. The highest BCUT2D eigenvalue weighted by atomic mass is 16.6. The van der Waals surface area contributed by atoms with Crippen molar-refractivity contribution < 1.29 is 24.3 Å². The summed E-state index contributed by atoms with van der Waals surface area (Å²) < 4.78 is 4.88. The molecule has 1 aromatic carbocycles. The van der Waals surface area contributed by atoms with Crippen LogP contribution in [-0.2, 0) is 25.6 Å². The van der Waals surface area contributed by atoms with Gasteiger partial charge in [0.15, 0.2) is 6.61 Å². The van der Waals surface area contributed by atoms with Gasteiger partial charge in [0.05, 0.1) is 12.8 Å². The molecule has 7 atom stereocenters. The molecule has 0 heterocycles. The Bertz CT molecular complexity index is 1230. The van der Waals surface area contributed by atoms with Crippen LogP contribution in [0.2, 0.25) is 0 Å². The van der Waals surface area contributed by atoms with E-state index < -0.39 is 23.5 Å². The van der Waals surface area contributed by atoms with Crippen LogP contribution in [0.4, 0.5) is 0 Å². The number of terminal acetylenes is 1. The largest absolute Gasteiger partial charge is 0.467 e. The Labute approximate surface area is 237 Å². The van der Waals surface area contributed by atoms with Crippen LogP contribution in [0.3, 0.4) is 0 Å². The number of allylic oxidation sites excluding steroid dienone is 2. The number of benzene rings is 1. The molecule has 3 fully saturated rings. The number of carbonyl (C=O) groups excluding carboxylic acids is 2. The van der Waals surface area contributed by atoms with Crippen molar-refractivity contribution in [3.05, 3.63) is 47.5 Å². The third-order valence-electron chi connectivity index (χ3n) is 10.8. The maximum atomic E-state index is 12.6. The van der Waals surface area contributed by atoms with Crippen molar-refractivity contribution in [2.45, 2.75) is 83.3 Å². The van der Waals surface area contributed by atoms with Gasteiger partial charge in [0.25, 0.3) is 5.91 Å². The van der Waals surface area contributed by atoms with Crippen molar-refractivity contribution in [1.29, 1.82) is 0 Å². The van der Waals surface area contributed by atoms with Crippen molar-refractivity contribution in [2.75, 3.05) is 13.7 Å². The van der Waals surface area contributed by atoms with Crippen molar-refractivity contribution >= 4 is 17.6 Å². The molecule has 3 saturated carbocycles. The first kappa shape index (κ1) is 28.4. The zero-order chi connectivity index (χ0) is 28.5. The van der Waals surface area contributed by atoms with Crippen LogP contribution in [0.25, 0.3) is 0 Å². The normalized spacial score (nSPS) is 36.2. The number of amides is 1. The lowest BCUT2D eigenvalue weighted by atomic mass is 9.46. The first-order valence-electron chi connectivity index (χ1n) is 14.6. The molecule has 1 aromatic rings. The SMILES string of the molecule is C#C[C@@]1(O)CC[C@H]2[C@@H]3CCC4=C/C(=N/OCC(=O)N[C@@H](Cc5ccccc5)C(=O)OC)CC[C@]4(C)[C@H]3CC[C@@]21C. The molecule has 7 heteroatoms. The molecule has 7 nitrogen and oxygen atoms in total. The molecule has 0 bridgehead atoms. The number of esters is 1. The highest BCUT2D eigenvalue weighted by Gasteiger charge is 2.63. The van der Waals surface area contributed by atoms with E-state index in [0.717, 1.165) is 56.2 Å². The van der Waals surface area contributed by atoms with E-state index in [0.29, 0.717) is 30.6 Å². The van der Waals surface area contributed by atoms with Gasteiger partial charge in [0, 0.05) is 11.8 Å². The number of hydrogen-bond acceptors (Lipinski definition) is 6. The Morgan fingerprint density at radius 2 is 1.88 bits per heavy atom. The Hall–Kier alpha value is -3.11. The van der Waals surface area contributed by atoms with Gasteiger partial charge in [0.2, 0.25) is 0 Å². The fraction of sp³-hybridized carbons (Fsp3) is 0.606. The molecule has 0 radical (unpaired) electrons. The number of ether oxygens (including phenoxy) is 1. The van der Waals surface area contributed by atoms with Crippen molar-refractivity contribution in [3.8, 4) is 12.3 Å². The molecule has 40 heavy (non-hydrogen) atoms. The smallest absolute Gasteiger partial charge is 0.328 e. The molecule has 214 valence electrons. The first-order valence-corrected chi connectivity index (χ1v) is 14.6. The van der Waals surface area contributed by atoms with E-state index in [1.165, 1.54) is 12.7 Å². The second-order valence-electron chi connectivity index (χ2n) is 12.7. The summed E-state index contributed by atoms with van der Waals surface area (Å²) in [5.74, 6) is 3.49. The van der Waals surface area contributed by atoms with Crippen LogP contribution < -0.4 is 5.32 Å². The van der Waals surface area contributed by atoms with Gasteiger partial charge < -0.3 is 20.0 Å². The van der Waals surface area contributed by atoms with Gasteiger partial charge in [-0.3, -0.25) is 4.79 Å². The van der Waals surface area contributed by atoms with E-state index in [1.807, 2.05) is 30.3 Å². The van der Waals surface area contributed by atoms with Crippen molar-refractivity contribution in [1.82, 2.24) is 5.32 Å². The molecule has 0 spiro atoms. The fourth-order valence-corrected chi connectivity index (χ4v) is 8.49. The zero-order valence-electron chi connectivity index (χ0n) is 23.9. The van der Waals surface area contributed by atoms with Crippen LogP contribution in [-0.4, -0.2) is 48.1 Å².